The molecule has 0 radical (unpaired) electrons. The Balaban J connectivity index is 1.77. The van der Waals surface area contributed by atoms with Crippen molar-refractivity contribution < 1.29 is 4.57 Å². The third kappa shape index (κ3) is 2.99. The van der Waals surface area contributed by atoms with Gasteiger partial charge in [-0.25, -0.2) is 0 Å². The largest absolute Gasteiger partial charge is 0.378 e. The van der Waals surface area contributed by atoms with Crippen molar-refractivity contribution in [1.29, 1.82) is 0 Å². The minimum atomic E-state index is 0.970. The van der Waals surface area contributed by atoms with Gasteiger partial charge in [-0.05, 0) is 42.1 Å². The maximum absolute atomic E-state index is 2.40. The molecule has 130 valence electrons. The Morgan fingerprint density at radius 2 is 1.69 bits per heavy atom. The number of aryl methyl sites for hydroxylation is 1. The summed E-state index contributed by atoms with van der Waals surface area (Å²) in [6, 6.07) is 21.8. The lowest BCUT2D eigenvalue weighted by molar-refractivity contribution is -0.665. The lowest BCUT2D eigenvalue weighted by Gasteiger charge is -2.11. The molecule has 0 saturated heterocycles. The van der Waals surface area contributed by atoms with Gasteiger partial charge in [0.1, 0.15) is 11.2 Å². The van der Waals surface area contributed by atoms with E-state index in [0.29, 0.717) is 0 Å². The number of hydrogen-bond acceptors (Lipinski definition) is 2. The van der Waals surface area contributed by atoms with Crippen LogP contribution in [0.1, 0.15) is 17.5 Å². The standard InChI is InChI=1S/C23H23N2S/c1-4-25-21-15-12-18-7-5-6-8-20(18)23(21)26-22(25)16-11-17-9-13-19(14-10-17)24(2)3/h5-16H,4H2,1-3H3/q+1. The van der Waals surface area contributed by atoms with Crippen LogP contribution in [0.2, 0.25) is 0 Å². The maximum Gasteiger partial charge on any atom is 0.262 e. The summed E-state index contributed by atoms with van der Waals surface area (Å²) in [5.74, 6) is 0. The van der Waals surface area contributed by atoms with Crippen LogP contribution in [-0.4, -0.2) is 14.1 Å². The van der Waals surface area contributed by atoms with Gasteiger partial charge in [0.05, 0.1) is 0 Å². The molecule has 3 heteroatoms. The molecular weight excluding hydrogens is 336 g/mol. The molecule has 0 aliphatic carbocycles. The van der Waals surface area contributed by atoms with Gasteiger partial charge >= 0.3 is 0 Å². The Kier molecular flexibility index (Phi) is 4.48. The zero-order valence-electron chi connectivity index (χ0n) is 15.4. The van der Waals surface area contributed by atoms with E-state index in [0.717, 1.165) is 6.54 Å². The molecule has 0 saturated carbocycles. The minimum Gasteiger partial charge on any atom is -0.378 e. The predicted octanol–water partition coefficient (Wildman–Crippen LogP) is 5.60. The Morgan fingerprint density at radius 3 is 2.42 bits per heavy atom. The number of hydrogen-bond donors (Lipinski definition) is 0. The van der Waals surface area contributed by atoms with Gasteiger partial charge in [-0.1, -0.05) is 47.7 Å². The van der Waals surface area contributed by atoms with E-state index >= 15 is 0 Å². The third-order valence-corrected chi connectivity index (χ3v) is 5.97. The summed E-state index contributed by atoms with van der Waals surface area (Å²) >= 11 is 1.87. The van der Waals surface area contributed by atoms with Gasteiger partial charge < -0.3 is 4.90 Å². The van der Waals surface area contributed by atoms with Crippen LogP contribution in [0.5, 0.6) is 0 Å². The molecule has 0 bridgehead atoms. The van der Waals surface area contributed by atoms with Crippen molar-refractivity contribution in [2.75, 3.05) is 19.0 Å². The second-order valence-electron chi connectivity index (χ2n) is 6.64. The first-order chi connectivity index (χ1) is 12.7. The van der Waals surface area contributed by atoms with Crippen molar-refractivity contribution in [3.8, 4) is 0 Å². The van der Waals surface area contributed by atoms with Crippen molar-refractivity contribution in [2.45, 2.75) is 13.5 Å². The van der Waals surface area contributed by atoms with Crippen LogP contribution in [0.25, 0.3) is 33.1 Å². The fraction of sp³-hybridized carbons (Fsp3) is 0.174. The Hall–Kier alpha value is -2.65. The molecular formula is C23H23N2S+. The lowest BCUT2D eigenvalue weighted by atomic mass is 10.1. The summed E-state index contributed by atoms with van der Waals surface area (Å²) in [5.41, 5.74) is 3.76. The van der Waals surface area contributed by atoms with E-state index < -0.39 is 0 Å². The van der Waals surface area contributed by atoms with Gasteiger partial charge in [0, 0.05) is 37.3 Å². The minimum absolute atomic E-state index is 0.970. The maximum atomic E-state index is 2.40. The Labute approximate surface area is 158 Å². The monoisotopic (exact) mass is 359 g/mol. The zero-order chi connectivity index (χ0) is 18.1. The van der Waals surface area contributed by atoms with Gasteiger partial charge in [0.15, 0.2) is 0 Å². The molecule has 0 spiro atoms. The molecule has 0 aliphatic heterocycles. The quantitative estimate of drug-likeness (QED) is 0.430. The van der Waals surface area contributed by atoms with Crippen molar-refractivity contribution in [1.82, 2.24) is 0 Å². The fourth-order valence-corrected chi connectivity index (χ4v) is 4.59. The summed E-state index contributed by atoms with van der Waals surface area (Å²) in [6.07, 6.45) is 4.45. The van der Waals surface area contributed by atoms with Crippen LogP contribution < -0.4 is 9.47 Å². The number of benzene rings is 3. The van der Waals surface area contributed by atoms with E-state index in [1.165, 1.54) is 37.2 Å². The first-order valence-corrected chi connectivity index (χ1v) is 9.78. The molecule has 0 unspecified atom stereocenters. The number of thiazole rings is 1. The number of aromatic nitrogens is 1. The van der Waals surface area contributed by atoms with E-state index in [1.54, 1.807) is 0 Å². The van der Waals surface area contributed by atoms with E-state index in [-0.39, 0.29) is 0 Å². The third-order valence-electron chi connectivity index (χ3n) is 4.77. The van der Waals surface area contributed by atoms with E-state index in [9.17, 15) is 0 Å². The van der Waals surface area contributed by atoms with Crippen molar-refractivity contribution in [2.24, 2.45) is 0 Å². The zero-order valence-corrected chi connectivity index (χ0v) is 16.3. The molecule has 0 N–H and O–H groups in total. The van der Waals surface area contributed by atoms with E-state index in [4.69, 9.17) is 0 Å². The van der Waals surface area contributed by atoms with Crippen LogP contribution in [0.15, 0.2) is 60.7 Å². The molecule has 3 aromatic carbocycles. The Bertz CT molecular complexity index is 1090. The van der Waals surface area contributed by atoms with Crippen LogP contribution in [0.4, 0.5) is 5.69 Å². The van der Waals surface area contributed by atoms with Crippen molar-refractivity contribution in [3.05, 3.63) is 71.2 Å². The molecule has 1 aromatic heterocycles. The first kappa shape index (κ1) is 16.8. The van der Waals surface area contributed by atoms with Crippen LogP contribution in [0.3, 0.4) is 0 Å². The highest BCUT2D eigenvalue weighted by molar-refractivity contribution is 7.19. The van der Waals surface area contributed by atoms with Crippen molar-refractivity contribution in [3.63, 3.8) is 0 Å². The number of anilines is 1. The van der Waals surface area contributed by atoms with Crippen molar-refractivity contribution >= 4 is 50.2 Å². The van der Waals surface area contributed by atoms with Crippen LogP contribution >= 0.6 is 11.3 Å². The highest BCUT2D eigenvalue weighted by atomic mass is 32.1. The van der Waals surface area contributed by atoms with Crippen LogP contribution in [-0.2, 0) is 6.54 Å². The average Bonchev–Trinajstić information content (AvgIpc) is 3.04. The van der Waals surface area contributed by atoms with E-state index in [1.807, 2.05) is 11.3 Å². The second kappa shape index (κ2) is 6.93. The lowest BCUT2D eigenvalue weighted by Crippen LogP contribution is -2.33. The van der Waals surface area contributed by atoms with Gasteiger partial charge in [-0.15, -0.1) is 0 Å². The molecule has 0 atom stereocenters. The predicted molar refractivity (Wildman–Crippen MR) is 115 cm³/mol. The molecule has 4 rings (SSSR count). The highest BCUT2D eigenvalue weighted by Crippen LogP contribution is 2.30. The number of fused-ring (bicyclic) bond motifs is 3. The number of nitrogens with zero attached hydrogens (tertiary/aromatic N) is 2. The van der Waals surface area contributed by atoms with E-state index in [2.05, 4.69) is 103 Å². The summed E-state index contributed by atoms with van der Waals surface area (Å²) in [4.78, 5) is 2.12. The summed E-state index contributed by atoms with van der Waals surface area (Å²) < 4.78 is 3.77. The van der Waals surface area contributed by atoms with Gasteiger partial charge in [-0.3, -0.25) is 0 Å². The van der Waals surface area contributed by atoms with Crippen LogP contribution in [0, 0.1) is 0 Å². The smallest absolute Gasteiger partial charge is 0.262 e. The SMILES string of the molecule is CC[n+]1c(C=Cc2ccc(N(C)C)cc2)sc2c3ccccc3ccc21. The second-order valence-corrected chi connectivity index (χ2v) is 7.67. The highest BCUT2D eigenvalue weighted by Gasteiger charge is 2.18. The first-order valence-electron chi connectivity index (χ1n) is 8.97. The summed E-state index contributed by atoms with van der Waals surface area (Å²) in [6.45, 7) is 3.18. The fourth-order valence-electron chi connectivity index (χ4n) is 3.33. The van der Waals surface area contributed by atoms with Gasteiger partial charge in [0.25, 0.3) is 5.01 Å². The molecule has 4 aromatic rings. The normalized spacial score (nSPS) is 11.7. The van der Waals surface area contributed by atoms with Gasteiger partial charge in [0.2, 0.25) is 5.52 Å². The molecule has 0 aliphatic rings. The molecule has 0 fully saturated rings. The summed E-state index contributed by atoms with van der Waals surface area (Å²) in [5, 5.41) is 3.93. The molecule has 1 heterocycles. The Morgan fingerprint density at radius 1 is 0.923 bits per heavy atom. The van der Waals surface area contributed by atoms with Gasteiger partial charge in [-0.2, -0.15) is 4.57 Å². The number of rotatable bonds is 4. The average molecular weight is 360 g/mol. The topological polar surface area (TPSA) is 7.12 Å². The molecule has 0 amide bonds. The molecule has 2 nitrogen and oxygen atoms in total. The molecule has 26 heavy (non-hydrogen) atoms. The summed E-state index contributed by atoms with van der Waals surface area (Å²) in [7, 11) is 4.13.